The average Bonchev–Trinajstić information content (AvgIpc) is 2.81. The number of carbonyl (C=O) groups excluding carboxylic acids is 1. The number of hydrogen-bond acceptors (Lipinski definition) is 5. The highest BCUT2D eigenvalue weighted by atomic mass is 16.5. The van der Waals surface area contributed by atoms with Gasteiger partial charge in [0.2, 0.25) is 5.76 Å². The molecule has 0 fully saturated rings. The minimum Gasteiger partial charge on any atom is -0.457 e. The monoisotopic (exact) mass is 232 g/mol. The molecule has 0 aliphatic carbocycles. The SMILES string of the molecule is Nc1ccc(COC(=O)c2ccco2)c(N)c1. The van der Waals surface area contributed by atoms with Crippen molar-refractivity contribution in [3.05, 3.63) is 47.9 Å². The fourth-order valence-corrected chi connectivity index (χ4v) is 1.35. The highest BCUT2D eigenvalue weighted by Gasteiger charge is 2.10. The van der Waals surface area contributed by atoms with E-state index < -0.39 is 5.97 Å². The molecular weight excluding hydrogens is 220 g/mol. The lowest BCUT2D eigenvalue weighted by Crippen LogP contribution is -2.05. The summed E-state index contributed by atoms with van der Waals surface area (Å²) in [5.74, 6) is -0.356. The van der Waals surface area contributed by atoms with Gasteiger partial charge in [-0.25, -0.2) is 4.79 Å². The summed E-state index contributed by atoms with van der Waals surface area (Å²) < 4.78 is 9.95. The molecule has 0 spiro atoms. The minimum absolute atomic E-state index is 0.0889. The van der Waals surface area contributed by atoms with Crippen molar-refractivity contribution >= 4 is 17.3 Å². The zero-order chi connectivity index (χ0) is 12.3. The molecule has 0 saturated carbocycles. The van der Waals surface area contributed by atoms with Gasteiger partial charge in [-0.15, -0.1) is 0 Å². The second-order valence-corrected chi connectivity index (χ2v) is 3.51. The fourth-order valence-electron chi connectivity index (χ4n) is 1.35. The molecule has 0 amide bonds. The molecule has 0 atom stereocenters. The number of nitrogen functional groups attached to an aromatic ring is 2. The van der Waals surface area contributed by atoms with Crippen LogP contribution in [0.15, 0.2) is 41.0 Å². The number of anilines is 2. The Labute approximate surface area is 98.0 Å². The van der Waals surface area contributed by atoms with Gasteiger partial charge < -0.3 is 20.6 Å². The molecule has 88 valence electrons. The molecule has 0 bridgehead atoms. The van der Waals surface area contributed by atoms with E-state index in [1.165, 1.54) is 12.3 Å². The topological polar surface area (TPSA) is 91.5 Å². The van der Waals surface area contributed by atoms with Crippen molar-refractivity contribution < 1.29 is 13.9 Å². The summed E-state index contributed by atoms with van der Waals surface area (Å²) in [4.78, 5) is 11.5. The highest BCUT2D eigenvalue weighted by Crippen LogP contribution is 2.17. The van der Waals surface area contributed by atoms with Crippen molar-refractivity contribution in [2.24, 2.45) is 0 Å². The van der Waals surface area contributed by atoms with E-state index >= 15 is 0 Å². The van der Waals surface area contributed by atoms with E-state index in [-0.39, 0.29) is 12.4 Å². The Morgan fingerprint density at radius 1 is 1.29 bits per heavy atom. The van der Waals surface area contributed by atoms with Crippen molar-refractivity contribution in [1.82, 2.24) is 0 Å². The number of esters is 1. The Bertz CT molecular complexity index is 521. The maximum Gasteiger partial charge on any atom is 0.374 e. The summed E-state index contributed by atoms with van der Waals surface area (Å²) in [7, 11) is 0. The second kappa shape index (κ2) is 4.61. The van der Waals surface area contributed by atoms with Crippen molar-refractivity contribution in [3.8, 4) is 0 Å². The Morgan fingerprint density at radius 2 is 2.12 bits per heavy atom. The van der Waals surface area contributed by atoms with Gasteiger partial charge in [-0.3, -0.25) is 0 Å². The summed E-state index contributed by atoms with van der Waals surface area (Å²) in [5.41, 5.74) is 13.1. The molecule has 0 unspecified atom stereocenters. The van der Waals surface area contributed by atoms with E-state index in [4.69, 9.17) is 20.6 Å². The molecule has 2 aromatic rings. The van der Waals surface area contributed by atoms with Crippen molar-refractivity contribution in [3.63, 3.8) is 0 Å². The largest absolute Gasteiger partial charge is 0.457 e. The molecule has 1 heterocycles. The van der Waals surface area contributed by atoms with Gasteiger partial charge in [0, 0.05) is 16.9 Å². The molecule has 0 radical (unpaired) electrons. The van der Waals surface area contributed by atoms with Gasteiger partial charge in [0.25, 0.3) is 0 Å². The predicted octanol–water partition coefficient (Wildman–Crippen LogP) is 1.80. The molecule has 1 aromatic carbocycles. The van der Waals surface area contributed by atoms with Crippen LogP contribution in [-0.2, 0) is 11.3 Å². The third kappa shape index (κ3) is 2.57. The summed E-state index contributed by atoms with van der Waals surface area (Å²) in [5, 5.41) is 0. The summed E-state index contributed by atoms with van der Waals surface area (Å²) in [6.45, 7) is 0.0889. The maximum absolute atomic E-state index is 11.5. The van der Waals surface area contributed by atoms with Gasteiger partial charge in [0.05, 0.1) is 6.26 Å². The first-order valence-corrected chi connectivity index (χ1v) is 5.01. The highest BCUT2D eigenvalue weighted by molar-refractivity contribution is 5.86. The third-order valence-electron chi connectivity index (χ3n) is 2.25. The zero-order valence-corrected chi connectivity index (χ0v) is 9.05. The summed E-state index contributed by atoms with van der Waals surface area (Å²) in [6.07, 6.45) is 1.41. The fraction of sp³-hybridized carbons (Fsp3) is 0.0833. The van der Waals surface area contributed by atoms with E-state index in [9.17, 15) is 4.79 Å². The molecule has 4 N–H and O–H groups in total. The predicted molar refractivity (Wildman–Crippen MR) is 63.1 cm³/mol. The molecule has 17 heavy (non-hydrogen) atoms. The number of ether oxygens (including phenoxy) is 1. The van der Waals surface area contributed by atoms with Crippen LogP contribution in [0, 0.1) is 0 Å². The zero-order valence-electron chi connectivity index (χ0n) is 9.05. The van der Waals surface area contributed by atoms with Crippen LogP contribution in [0.4, 0.5) is 11.4 Å². The van der Waals surface area contributed by atoms with Crippen LogP contribution in [0.5, 0.6) is 0 Å². The van der Waals surface area contributed by atoms with E-state index in [0.29, 0.717) is 16.9 Å². The van der Waals surface area contributed by atoms with E-state index in [1.54, 1.807) is 24.3 Å². The smallest absolute Gasteiger partial charge is 0.374 e. The van der Waals surface area contributed by atoms with E-state index in [2.05, 4.69) is 0 Å². The third-order valence-corrected chi connectivity index (χ3v) is 2.25. The lowest BCUT2D eigenvalue weighted by Gasteiger charge is -2.06. The maximum atomic E-state index is 11.5. The number of nitrogens with two attached hydrogens (primary N) is 2. The van der Waals surface area contributed by atoms with Gasteiger partial charge in [-0.2, -0.15) is 0 Å². The number of carbonyl (C=O) groups is 1. The van der Waals surface area contributed by atoms with Crippen molar-refractivity contribution in [1.29, 1.82) is 0 Å². The average molecular weight is 232 g/mol. The number of rotatable bonds is 3. The van der Waals surface area contributed by atoms with Gasteiger partial charge in [0.1, 0.15) is 6.61 Å². The van der Waals surface area contributed by atoms with Crippen LogP contribution in [0.2, 0.25) is 0 Å². The minimum atomic E-state index is -0.522. The normalized spacial score (nSPS) is 10.1. The van der Waals surface area contributed by atoms with Crippen LogP contribution in [0.3, 0.4) is 0 Å². The molecule has 2 rings (SSSR count). The molecular formula is C12H12N2O3. The van der Waals surface area contributed by atoms with Gasteiger partial charge in [-0.05, 0) is 24.3 Å². The van der Waals surface area contributed by atoms with Crippen LogP contribution < -0.4 is 11.5 Å². The van der Waals surface area contributed by atoms with Crippen LogP contribution in [0.1, 0.15) is 16.1 Å². The van der Waals surface area contributed by atoms with Gasteiger partial charge in [-0.1, -0.05) is 6.07 Å². The summed E-state index contributed by atoms with van der Waals surface area (Å²) >= 11 is 0. The lowest BCUT2D eigenvalue weighted by atomic mass is 10.2. The van der Waals surface area contributed by atoms with Crippen LogP contribution in [0.25, 0.3) is 0 Å². The molecule has 0 aliphatic heterocycles. The molecule has 0 aliphatic rings. The van der Waals surface area contributed by atoms with Crippen LogP contribution >= 0.6 is 0 Å². The molecule has 5 nitrogen and oxygen atoms in total. The molecule has 1 aromatic heterocycles. The first-order chi connectivity index (χ1) is 8.16. The standard InChI is InChI=1S/C12H12N2O3/c13-9-4-3-8(10(14)6-9)7-17-12(15)11-2-1-5-16-11/h1-6H,7,13-14H2. The number of benzene rings is 1. The van der Waals surface area contributed by atoms with E-state index in [0.717, 1.165) is 0 Å². The second-order valence-electron chi connectivity index (χ2n) is 3.51. The number of furan rings is 1. The first kappa shape index (κ1) is 11.1. The van der Waals surface area contributed by atoms with Gasteiger partial charge in [0.15, 0.2) is 0 Å². The van der Waals surface area contributed by atoms with Gasteiger partial charge >= 0.3 is 5.97 Å². The Hall–Kier alpha value is -2.43. The Morgan fingerprint density at radius 3 is 2.76 bits per heavy atom. The Kier molecular flexibility index (Phi) is 3.00. The summed E-state index contributed by atoms with van der Waals surface area (Å²) in [6, 6.07) is 8.20. The van der Waals surface area contributed by atoms with Crippen molar-refractivity contribution in [2.45, 2.75) is 6.61 Å². The molecule has 5 heteroatoms. The number of hydrogen-bond donors (Lipinski definition) is 2. The molecule has 0 saturated heterocycles. The quantitative estimate of drug-likeness (QED) is 0.622. The van der Waals surface area contributed by atoms with Crippen LogP contribution in [-0.4, -0.2) is 5.97 Å². The Balaban J connectivity index is 2.01. The van der Waals surface area contributed by atoms with Crippen molar-refractivity contribution in [2.75, 3.05) is 11.5 Å². The lowest BCUT2D eigenvalue weighted by molar-refractivity contribution is 0.0437. The van der Waals surface area contributed by atoms with E-state index in [1.807, 2.05) is 0 Å². The first-order valence-electron chi connectivity index (χ1n) is 5.01.